The van der Waals surface area contributed by atoms with Crippen LogP contribution in [0.2, 0.25) is 0 Å². The molecule has 2 aromatic carbocycles. The summed E-state index contributed by atoms with van der Waals surface area (Å²) in [4.78, 5) is 37.0. The van der Waals surface area contributed by atoms with Gasteiger partial charge in [-0.15, -0.1) is 0 Å². The Balaban J connectivity index is 1.89. The van der Waals surface area contributed by atoms with Crippen molar-refractivity contribution in [2.24, 2.45) is 4.99 Å². The Labute approximate surface area is 222 Å². The molecule has 1 unspecified atom stereocenters. The van der Waals surface area contributed by atoms with Crippen LogP contribution in [-0.4, -0.2) is 36.3 Å². The van der Waals surface area contributed by atoms with Crippen molar-refractivity contribution in [3.8, 4) is 11.5 Å². The molecular weight excluding hydrogens is 502 g/mol. The molecule has 0 aliphatic carbocycles. The fourth-order valence-electron chi connectivity index (χ4n) is 4.40. The van der Waals surface area contributed by atoms with Gasteiger partial charge in [0.2, 0.25) is 0 Å². The molecular formula is C29H25N3O5S. The van der Waals surface area contributed by atoms with E-state index in [0.717, 1.165) is 11.1 Å². The average molecular weight is 528 g/mol. The van der Waals surface area contributed by atoms with Gasteiger partial charge in [0, 0.05) is 23.5 Å². The van der Waals surface area contributed by atoms with Crippen LogP contribution in [-0.2, 0) is 9.53 Å². The quantitative estimate of drug-likeness (QED) is 0.343. The smallest absolute Gasteiger partial charge is 0.338 e. The monoisotopic (exact) mass is 527 g/mol. The Morgan fingerprint density at radius 2 is 1.89 bits per heavy atom. The number of benzene rings is 2. The molecule has 5 rings (SSSR count). The Bertz CT molecular complexity index is 1690. The first kappa shape index (κ1) is 25.2. The number of methoxy groups -OCH3 is 2. The molecule has 192 valence electrons. The van der Waals surface area contributed by atoms with Crippen LogP contribution in [0.4, 0.5) is 0 Å². The van der Waals surface area contributed by atoms with Crippen molar-refractivity contribution in [2.75, 3.05) is 20.8 Å². The van der Waals surface area contributed by atoms with Crippen LogP contribution in [0.25, 0.3) is 11.8 Å². The van der Waals surface area contributed by atoms with Crippen LogP contribution in [0.5, 0.6) is 11.5 Å². The number of aromatic nitrogens is 2. The van der Waals surface area contributed by atoms with Crippen molar-refractivity contribution >= 4 is 29.1 Å². The topological polar surface area (TPSA) is 92.0 Å². The van der Waals surface area contributed by atoms with Gasteiger partial charge in [-0.25, -0.2) is 9.79 Å². The minimum absolute atomic E-state index is 0.164. The number of esters is 1. The first-order valence-electron chi connectivity index (χ1n) is 12.0. The highest BCUT2D eigenvalue weighted by molar-refractivity contribution is 7.07. The summed E-state index contributed by atoms with van der Waals surface area (Å²) in [6, 6.07) is 17.5. The largest absolute Gasteiger partial charge is 0.497 e. The number of rotatable bonds is 7. The second kappa shape index (κ2) is 10.9. The van der Waals surface area contributed by atoms with Crippen LogP contribution >= 0.6 is 11.3 Å². The lowest BCUT2D eigenvalue weighted by Gasteiger charge is -2.27. The Morgan fingerprint density at radius 1 is 1.08 bits per heavy atom. The fourth-order valence-corrected chi connectivity index (χ4v) is 5.40. The summed E-state index contributed by atoms with van der Waals surface area (Å²) in [6.07, 6.45) is 5.12. The molecule has 0 fully saturated rings. The third-order valence-electron chi connectivity index (χ3n) is 6.09. The van der Waals surface area contributed by atoms with Gasteiger partial charge in [0.05, 0.1) is 36.6 Å². The first-order valence-corrected chi connectivity index (χ1v) is 12.8. The highest BCUT2D eigenvalue weighted by Crippen LogP contribution is 2.40. The van der Waals surface area contributed by atoms with Gasteiger partial charge in [-0.1, -0.05) is 47.7 Å². The van der Waals surface area contributed by atoms with E-state index in [2.05, 4.69) is 4.98 Å². The molecule has 0 N–H and O–H groups in total. The van der Waals surface area contributed by atoms with Gasteiger partial charge in [-0.3, -0.25) is 14.3 Å². The van der Waals surface area contributed by atoms with Crippen molar-refractivity contribution in [2.45, 2.75) is 13.0 Å². The molecule has 38 heavy (non-hydrogen) atoms. The lowest BCUT2D eigenvalue weighted by Crippen LogP contribution is -2.40. The van der Waals surface area contributed by atoms with Gasteiger partial charge in [0.15, 0.2) is 4.80 Å². The van der Waals surface area contributed by atoms with Gasteiger partial charge in [0.1, 0.15) is 17.5 Å². The SMILES string of the molecule is CCOC(=O)C1=C(c2ccccc2)N=c2s/c(=C\c3cccnc3)c(=O)n2C1c1cc(OC)ccc1OC. The number of hydrogen-bond acceptors (Lipinski definition) is 8. The zero-order chi connectivity index (χ0) is 26.6. The fraction of sp³-hybridized carbons (Fsp3) is 0.172. The molecule has 8 nitrogen and oxygen atoms in total. The van der Waals surface area contributed by atoms with E-state index in [9.17, 15) is 9.59 Å². The lowest BCUT2D eigenvalue weighted by atomic mass is 9.92. The molecule has 1 atom stereocenters. The van der Waals surface area contributed by atoms with Crippen molar-refractivity contribution < 1.29 is 19.0 Å². The van der Waals surface area contributed by atoms with E-state index < -0.39 is 12.0 Å². The van der Waals surface area contributed by atoms with E-state index in [-0.39, 0.29) is 17.7 Å². The number of thiazole rings is 1. The number of hydrogen-bond donors (Lipinski definition) is 0. The van der Waals surface area contributed by atoms with Gasteiger partial charge in [0.25, 0.3) is 5.56 Å². The zero-order valence-corrected chi connectivity index (χ0v) is 21.9. The van der Waals surface area contributed by atoms with Gasteiger partial charge in [-0.2, -0.15) is 0 Å². The zero-order valence-electron chi connectivity index (χ0n) is 21.1. The van der Waals surface area contributed by atoms with E-state index in [0.29, 0.717) is 32.1 Å². The average Bonchev–Trinajstić information content (AvgIpc) is 3.27. The van der Waals surface area contributed by atoms with Crippen molar-refractivity contribution in [3.05, 3.63) is 115 Å². The second-order valence-electron chi connectivity index (χ2n) is 8.33. The first-order chi connectivity index (χ1) is 18.5. The Kier molecular flexibility index (Phi) is 7.19. The maximum Gasteiger partial charge on any atom is 0.338 e. The lowest BCUT2D eigenvalue weighted by molar-refractivity contribution is -0.138. The molecule has 3 heterocycles. The maximum absolute atomic E-state index is 13.9. The third-order valence-corrected chi connectivity index (χ3v) is 7.07. The van der Waals surface area contributed by atoms with Gasteiger partial charge in [-0.05, 0) is 42.8 Å². The molecule has 0 bridgehead atoms. The number of carbonyl (C=O) groups excluding carboxylic acids is 1. The van der Waals surface area contributed by atoms with Crippen LogP contribution in [0.3, 0.4) is 0 Å². The summed E-state index contributed by atoms with van der Waals surface area (Å²) in [6.45, 7) is 1.91. The summed E-state index contributed by atoms with van der Waals surface area (Å²) < 4.78 is 18.7. The summed E-state index contributed by atoms with van der Waals surface area (Å²) in [7, 11) is 3.10. The van der Waals surface area contributed by atoms with Crippen molar-refractivity contribution in [1.29, 1.82) is 0 Å². The number of fused-ring (bicyclic) bond motifs is 1. The Hall–Kier alpha value is -4.50. The molecule has 4 aromatic rings. The van der Waals surface area contributed by atoms with Gasteiger partial charge < -0.3 is 14.2 Å². The minimum Gasteiger partial charge on any atom is -0.497 e. The van der Waals surface area contributed by atoms with E-state index in [1.807, 2.05) is 36.4 Å². The second-order valence-corrected chi connectivity index (χ2v) is 9.33. The Morgan fingerprint density at radius 3 is 2.58 bits per heavy atom. The molecule has 9 heteroatoms. The molecule has 0 saturated heterocycles. The highest BCUT2D eigenvalue weighted by Gasteiger charge is 2.37. The van der Waals surface area contributed by atoms with Crippen molar-refractivity contribution in [1.82, 2.24) is 9.55 Å². The molecule has 0 radical (unpaired) electrons. The standard InChI is InChI=1S/C29H25N3O5S/c1-4-37-28(34)24-25(19-10-6-5-7-11-19)31-29-32(26(24)21-16-20(35-2)12-13-22(21)36-3)27(33)23(38-29)15-18-9-8-14-30-17-18/h5-17,26H,4H2,1-3H3/b23-15-. The van der Waals surface area contributed by atoms with Crippen LogP contribution in [0.1, 0.15) is 29.7 Å². The number of pyridine rings is 1. The highest BCUT2D eigenvalue weighted by atomic mass is 32.1. The predicted octanol–water partition coefficient (Wildman–Crippen LogP) is 3.35. The molecule has 2 aromatic heterocycles. The van der Waals surface area contributed by atoms with Gasteiger partial charge >= 0.3 is 5.97 Å². The minimum atomic E-state index is -0.874. The molecule has 0 amide bonds. The van der Waals surface area contributed by atoms with Crippen LogP contribution < -0.4 is 24.4 Å². The maximum atomic E-state index is 13.9. The number of ether oxygens (including phenoxy) is 3. The molecule has 1 aliphatic heterocycles. The molecule has 0 spiro atoms. The molecule has 1 aliphatic rings. The summed E-state index contributed by atoms with van der Waals surface area (Å²) in [5, 5.41) is 0. The van der Waals surface area contributed by atoms with Crippen molar-refractivity contribution in [3.63, 3.8) is 0 Å². The van der Waals surface area contributed by atoms with E-state index in [4.69, 9.17) is 19.2 Å². The van der Waals surface area contributed by atoms with Crippen LogP contribution in [0, 0.1) is 0 Å². The predicted molar refractivity (Wildman–Crippen MR) is 145 cm³/mol. The van der Waals surface area contributed by atoms with E-state index in [1.165, 1.54) is 15.9 Å². The summed E-state index contributed by atoms with van der Waals surface area (Å²) in [5.74, 6) is 0.486. The van der Waals surface area contributed by atoms with E-state index >= 15 is 0 Å². The number of carbonyl (C=O) groups is 1. The third kappa shape index (κ3) is 4.64. The van der Waals surface area contributed by atoms with Crippen LogP contribution in [0.15, 0.2) is 88.4 Å². The summed E-state index contributed by atoms with van der Waals surface area (Å²) >= 11 is 1.25. The normalized spacial score (nSPS) is 15.0. The van der Waals surface area contributed by atoms with E-state index in [1.54, 1.807) is 63.9 Å². The molecule has 0 saturated carbocycles. The summed E-state index contributed by atoms with van der Waals surface area (Å²) in [5.41, 5.74) is 2.47. The number of nitrogens with zero attached hydrogens (tertiary/aromatic N) is 3.